The number of hydrogen-bond acceptors (Lipinski definition) is 3. The highest BCUT2D eigenvalue weighted by molar-refractivity contribution is 6.30. The van der Waals surface area contributed by atoms with Crippen molar-refractivity contribution in [1.82, 2.24) is 15.1 Å². The molecule has 0 aliphatic rings. The first-order chi connectivity index (χ1) is 10.1. The summed E-state index contributed by atoms with van der Waals surface area (Å²) in [6.45, 7) is 5.29. The minimum absolute atomic E-state index is 0.309. The van der Waals surface area contributed by atoms with Gasteiger partial charge in [0.1, 0.15) is 11.5 Å². The lowest BCUT2D eigenvalue weighted by molar-refractivity contribution is 0.398. The van der Waals surface area contributed by atoms with E-state index in [0.717, 1.165) is 5.69 Å². The van der Waals surface area contributed by atoms with Gasteiger partial charge in [0.05, 0.1) is 19.3 Å². The molecule has 0 saturated carbocycles. The topological polar surface area (TPSA) is 39.1 Å². The lowest BCUT2D eigenvalue weighted by Crippen LogP contribution is -2.26. The Morgan fingerprint density at radius 1 is 1.43 bits per heavy atom. The number of aromatic nitrogens is 2. The van der Waals surface area contributed by atoms with Crippen LogP contribution in [0.3, 0.4) is 0 Å². The van der Waals surface area contributed by atoms with Crippen LogP contribution in [0.5, 0.6) is 5.75 Å². The van der Waals surface area contributed by atoms with Gasteiger partial charge in [0.2, 0.25) is 0 Å². The first kappa shape index (κ1) is 15.8. The Bertz CT molecular complexity index is 593. The van der Waals surface area contributed by atoms with Crippen molar-refractivity contribution in [3.05, 3.63) is 46.5 Å². The first-order valence-corrected chi connectivity index (χ1v) is 7.28. The van der Waals surface area contributed by atoms with E-state index in [1.54, 1.807) is 24.1 Å². The molecule has 1 heterocycles. The monoisotopic (exact) mass is 311 g/mol. The molecule has 0 spiro atoms. The average Bonchev–Trinajstić information content (AvgIpc) is 2.90. The minimum atomic E-state index is -0.369. The number of nitrogens with zero attached hydrogens (tertiary/aromatic N) is 2. The molecule has 0 aliphatic carbocycles. The van der Waals surface area contributed by atoms with Crippen LogP contribution in [0, 0.1) is 5.82 Å². The Balaban J connectivity index is 2.58. The second-order valence-electron chi connectivity index (χ2n) is 4.57. The summed E-state index contributed by atoms with van der Waals surface area (Å²) < 4.78 is 21.4. The van der Waals surface area contributed by atoms with Gasteiger partial charge in [0.15, 0.2) is 5.75 Å². The van der Waals surface area contributed by atoms with Crippen LogP contribution in [0.4, 0.5) is 4.39 Å². The van der Waals surface area contributed by atoms with Crippen LogP contribution in [0.1, 0.15) is 31.1 Å². The summed E-state index contributed by atoms with van der Waals surface area (Å²) in [6, 6.07) is 4.18. The van der Waals surface area contributed by atoms with Gasteiger partial charge in [-0.15, -0.1) is 0 Å². The van der Waals surface area contributed by atoms with Gasteiger partial charge in [0.25, 0.3) is 0 Å². The van der Waals surface area contributed by atoms with Crippen molar-refractivity contribution in [3.63, 3.8) is 0 Å². The quantitative estimate of drug-likeness (QED) is 0.888. The van der Waals surface area contributed by atoms with Gasteiger partial charge in [-0.05, 0) is 31.7 Å². The molecule has 1 N–H and O–H groups in total. The van der Waals surface area contributed by atoms with Crippen molar-refractivity contribution in [2.75, 3.05) is 13.7 Å². The molecule has 0 saturated heterocycles. The van der Waals surface area contributed by atoms with Crippen molar-refractivity contribution >= 4 is 11.6 Å². The Labute approximate surface area is 128 Å². The van der Waals surface area contributed by atoms with E-state index in [9.17, 15) is 4.39 Å². The maximum Gasteiger partial charge on any atom is 0.161 e. The van der Waals surface area contributed by atoms with Gasteiger partial charge < -0.3 is 10.1 Å². The molecule has 1 aromatic heterocycles. The summed E-state index contributed by atoms with van der Waals surface area (Å²) in [7, 11) is 1.58. The van der Waals surface area contributed by atoms with Gasteiger partial charge in [-0.2, -0.15) is 5.10 Å². The fourth-order valence-corrected chi connectivity index (χ4v) is 2.55. The highest BCUT2D eigenvalue weighted by Gasteiger charge is 2.25. The Hall–Kier alpha value is -1.59. The van der Waals surface area contributed by atoms with Gasteiger partial charge in [-0.1, -0.05) is 18.5 Å². The standard InChI is InChI=1S/C15H19ClFN3O/c1-4-18-14(11-8-10(16)6-7-12(11)17)15-13(21-3)9-19-20(15)5-2/h6-9,14,18H,4-5H2,1-3H3. The van der Waals surface area contributed by atoms with Gasteiger partial charge in [0, 0.05) is 17.1 Å². The van der Waals surface area contributed by atoms with E-state index in [1.165, 1.54) is 12.1 Å². The molecular formula is C15H19ClFN3O. The third kappa shape index (κ3) is 3.19. The minimum Gasteiger partial charge on any atom is -0.493 e. The fraction of sp³-hybridized carbons (Fsp3) is 0.400. The summed E-state index contributed by atoms with van der Waals surface area (Å²) >= 11 is 6.02. The first-order valence-electron chi connectivity index (χ1n) is 6.90. The molecule has 2 rings (SSSR count). The normalized spacial score (nSPS) is 12.4. The van der Waals surface area contributed by atoms with E-state index in [0.29, 0.717) is 29.4 Å². The zero-order valence-electron chi connectivity index (χ0n) is 12.4. The number of hydrogen-bond donors (Lipinski definition) is 1. The molecule has 0 bridgehead atoms. The van der Waals surface area contributed by atoms with E-state index >= 15 is 0 Å². The smallest absolute Gasteiger partial charge is 0.161 e. The molecule has 0 fully saturated rings. The van der Waals surface area contributed by atoms with E-state index < -0.39 is 0 Å². The zero-order valence-corrected chi connectivity index (χ0v) is 13.1. The van der Waals surface area contributed by atoms with Crippen molar-refractivity contribution in [2.45, 2.75) is 26.4 Å². The van der Waals surface area contributed by atoms with Gasteiger partial charge in [-0.3, -0.25) is 4.68 Å². The fourth-order valence-electron chi connectivity index (χ4n) is 2.37. The average molecular weight is 312 g/mol. The van der Waals surface area contributed by atoms with E-state index in [4.69, 9.17) is 16.3 Å². The SMILES string of the molecule is CCNC(c1cc(Cl)ccc1F)c1c(OC)cnn1CC. The third-order valence-electron chi connectivity index (χ3n) is 3.32. The number of ether oxygens (including phenoxy) is 1. The number of nitrogens with one attached hydrogen (secondary N) is 1. The molecule has 4 nitrogen and oxygen atoms in total. The molecule has 0 radical (unpaired) electrons. The molecule has 6 heteroatoms. The Kier molecular flexibility index (Phi) is 5.20. The third-order valence-corrected chi connectivity index (χ3v) is 3.55. The lowest BCUT2D eigenvalue weighted by Gasteiger charge is -2.21. The summed E-state index contributed by atoms with van der Waals surface area (Å²) in [4.78, 5) is 0. The molecule has 1 unspecified atom stereocenters. The molecular weight excluding hydrogens is 293 g/mol. The molecule has 1 atom stereocenters. The summed E-state index contributed by atoms with van der Waals surface area (Å²) in [6.07, 6.45) is 1.64. The number of aryl methyl sites for hydroxylation is 1. The van der Waals surface area contributed by atoms with Crippen LogP contribution in [-0.4, -0.2) is 23.4 Å². The molecule has 0 aliphatic heterocycles. The van der Waals surface area contributed by atoms with Crippen LogP contribution in [0.2, 0.25) is 5.02 Å². The van der Waals surface area contributed by atoms with Crippen molar-refractivity contribution in [1.29, 1.82) is 0 Å². The van der Waals surface area contributed by atoms with E-state index in [2.05, 4.69) is 10.4 Å². The highest BCUT2D eigenvalue weighted by Crippen LogP contribution is 2.32. The molecule has 1 aromatic carbocycles. The Morgan fingerprint density at radius 3 is 2.81 bits per heavy atom. The van der Waals surface area contributed by atoms with Crippen LogP contribution in [0.15, 0.2) is 24.4 Å². The molecule has 21 heavy (non-hydrogen) atoms. The number of methoxy groups -OCH3 is 1. The predicted molar refractivity (Wildman–Crippen MR) is 81.4 cm³/mol. The van der Waals surface area contributed by atoms with Gasteiger partial charge >= 0.3 is 0 Å². The number of benzene rings is 1. The van der Waals surface area contributed by atoms with Crippen LogP contribution in [-0.2, 0) is 6.54 Å². The van der Waals surface area contributed by atoms with E-state index in [1.807, 2.05) is 13.8 Å². The van der Waals surface area contributed by atoms with Crippen LogP contribution in [0.25, 0.3) is 0 Å². The Morgan fingerprint density at radius 2 is 2.19 bits per heavy atom. The highest BCUT2D eigenvalue weighted by atomic mass is 35.5. The van der Waals surface area contributed by atoms with Crippen LogP contribution >= 0.6 is 11.6 Å². The number of halogens is 2. The maximum atomic E-state index is 14.2. The molecule has 2 aromatic rings. The van der Waals surface area contributed by atoms with Gasteiger partial charge in [-0.25, -0.2) is 4.39 Å². The molecule has 0 amide bonds. The predicted octanol–water partition coefficient (Wildman–Crippen LogP) is 3.40. The lowest BCUT2D eigenvalue weighted by atomic mass is 10.0. The van der Waals surface area contributed by atoms with E-state index in [-0.39, 0.29) is 11.9 Å². The summed E-state index contributed by atoms with van der Waals surface area (Å²) in [5.41, 5.74) is 1.28. The van der Waals surface area contributed by atoms with Crippen molar-refractivity contribution in [2.24, 2.45) is 0 Å². The van der Waals surface area contributed by atoms with Crippen LogP contribution < -0.4 is 10.1 Å². The maximum absolute atomic E-state index is 14.2. The summed E-state index contributed by atoms with van der Waals surface area (Å²) in [5.74, 6) is 0.318. The molecule has 114 valence electrons. The van der Waals surface area contributed by atoms with Crippen molar-refractivity contribution in [3.8, 4) is 5.75 Å². The summed E-state index contributed by atoms with van der Waals surface area (Å²) in [5, 5.41) is 8.06. The van der Waals surface area contributed by atoms with Crippen molar-refractivity contribution < 1.29 is 9.13 Å². The second-order valence-corrected chi connectivity index (χ2v) is 5.01. The zero-order chi connectivity index (χ0) is 15.4. The number of rotatable bonds is 6. The largest absolute Gasteiger partial charge is 0.493 e. The second kappa shape index (κ2) is 6.91.